The van der Waals surface area contributed by atoms with E-state index in [0.717, 1.165) is 10.9 Å². The van der Waals surface area contributed by atoms with E-state index < -0.39 is 30.3 Å². The molecular weight excluding hydrogens is 299 g/mol. The van der Waals surface area contributed by atoms with Gasteiger partial charge in [-0.2, -0.15) is 17.9 Å². The van der Waals surface area contributed by atoms with Crippen LogP contribution in [-0.2, 0) is 11.5 Å². The van der Waals surface area contributed by atoms with E-state index in [0.29, 0.717) is 0 Å². The Morgan fingerprint density at radius 2 is 2.25 bits per heavy atom. The largest absolute Gasteiger partial charge is 0.411 e. The van der Waals surface area contributed by atoms with Gasteiger partial charge in [-0.3, -0.25) is 0 Å². The molecule has 0 aliphatic carbocycles. The van der Waals surface area contributed by atoms with Gasteiger partial charge in [0.15, 0.2) is 6.73 Å². The summed E-state index contributed by atoms with van der Waals surface area (Å²) in [6, 6.07) is 0. The van der Waals surface area contributed by atoms with E-state index in [-0.39, 0.29) is 4.47 Å². The number of halogens is 4. The number of nitro groups is 1. The van der Waals surface area contributed by atoms with Crippen LogP contribution in [0.1, 0.15) is 0 Å². The molecule has 0 atom stereocenters. The van der Waals surface area contributed by atoms with Crippen molar-refractivity contribution in [2.24, 2.45) is 0 Å². The van der Waals surface area contributed by atoms with Crippen molar-refractivity contribution in [2.75, 3.05) is 6.61 Å². The van der Waals surface area contributed by atoms with Gasteiger partial charge in [-0.25, -0.2) is 0 Å². The number of rotatable bonds is 4. The number of ether oxygens (including phenoxy) is 1. The second-order valence-electron chi connectivity index (χ2n) is 2.69. The molecule has 90 valence electrons. The molecule has 0 saturated heterocycles. The maximum atomic E-state index is 11.7. The molecule has 0 N–H and O–H groups in total. The van der Waals surface area contributed by atoms with Crippen LogP contribution in [0.15, 0.2) is 10.7 Å². The minimum absolute atomic E-state index is 0.0770. The Morgan fingerprint density at radius 1 is 1.62 bits per heavy atom. The highest BCUT2D eigenvalue weighted by Gasteiger charge is 2.28. The fraction of sp³-hybridized carbons (Fsp3) is 0.500. The molecule has 1 aromatic heterocycles. The van der Waals surface area contributed by atoms with Gasteiger partial charge in [-0.15, -0.1) is 0 Å². The molecule has 0 bridgehead atoms. The van der Waals surface area contributed by atoms with E-state index in [1.165, 1.54) is 0 Å². The summed E-state index contributed by atoms with van der Waals surface area (Å²) in [7, 11) is 0. The first-order chi connectivity index (χ1) is 7.29. The second-order valence-corrected chi connectivity index (χ2v) is 3.54. The van der Waals surface area contributed by atoms with Crippen molar-refractivity contribution in [3.63, 3.8) is 0 Å². The molecule has 0 unspecified atom stereocenters. The highest BCUT2D eigenvalue weighted by atomic mass is 79.9. The highest BCUT2D eigenvalue weighted by molar-refractivity contribution is 9.10. The molecule has 0 spiro atoms. The summed E-state index contributed by atoms with van der Waals surface area (Å²) in [5, 5.41) is 13.8. The Kier molecular flexibility index (Phi) is 3.86. The third-order valence-corrected chi connectivity index (χ3v) is 1.92. The summed E-state index contributed by atoms with van der Waals surface area (Å²) in [5.41, 5.74) is 0. The molecule has 0 aliphatic heterocycles. The van der Waals surface area contributed by atoms with Crippen LogP contribution in [-0.4, -0.2) is 27.5 Å². The van der Waals surface area contributed by atoms with Crippen LogP contribution in [0.3, 0.4) is 0 Å². The molecule has 0 radical (unpaired) electrons. The summed E-state index contributed by atoms with van der Waals surface area (Å²) in [6.45, 7) is -1.94. The van der Waals surface area contributed by atoms with Crippen LogP contribution in [0.25, 0.3) is 0 Å². The van der Waals surface area contributed by atoms with Gasteiger partial charge in [0.05, 0.1) is 11.3 Å². The van der Waals surface area contributed by atoms with E-state index in [4.69, 9.17) is 0 Å². The summed E-state index contributed by atoms with van der Waals surface area (Å²) in [6.07, 6.45) is -3.27. The Morgan fingerprint density at radius 3 is 2.69 bits per heavy atom. The van der Waals surface area contributed by atoms with E-state index in [9.17, 15) is 23.3 Å². The normalized spacial score (nSPS) is 11.8. The average Bonchev–Trinajstić information content (AvgIpc) is 2.44. The lowest BCUT2D eigenvalue weighted by atomic mass is 10.7. The van der Waals surface area contributed by atoms with Crippen molar-refractivity contribution in [3.8, 4) is 0 Å². The second kappa shape index (κ2) is 4.78. The summed E-state index contributed by atoms with van der Waals surface area (Å²) in [4.78, 5) is 9.59. The molecule has 0 fully saturated rings. The van der Waals surface area contributed by atoms with Crippen molar-refractivity contribution in [2.45, 2.75) is 12.9 Å². The molecular formula is C6H5BrF3N3O3. The number of alkyl halides is 3. The fourth-order valence-electron chi connectivity index (χ4n) is 0.832. The predicted molar refractivity (Wildman–Crippen MR) is 48.6 cm³/mol. The number of hydrogen-bond donors (Lipinski definition) is 0. The van der Waals surface area contributed by atoms with Gasteiger partial charge >= 0.3 is 12.0 Å². The fourth-order valence-corrected chi connectivity index (χ4v) is 1.29. The van der Waals surface area contributed by atoms with Gasteiger partial charge in [0.2, 0.25) is 0 Å². The minimum Gasteiger partial charge on any atom is -0.358 e. The SMILES string of the molecule is O=[N+]([O-])c1nn(COCC(F)(F)F)cc1Br. The zero-order valence-electron chi connectivity index (χ0n) is 7.57. The molecule has 0 aliphatic rings. The molecule has 0 amide bonds. The van der Waals surface area contributed by atoms with Crippen molar-refractivity contribution in [1.82, 2.24) is 9.78 Å². The lowest BCUT2D eigenvalue weighted by Crippen LogP contribution is -2.18. The number of nitrogens with zero attached hydrogens (tertiary/aromatic N) is 3. The van der Waals surface area contributed by atoms with Crippen molar-refractivity contribution in [3.05, 3.63) is 20.8 Å². The van der Waals surface area contributed by atoms with Crippen molar-refractivity contribution in [1.29, 1.82) is 0 Å². The van der Waals surface area contributed by atoms with Crippen LogP contribution in [0, 0.1) is 10.1 Å². The maximum absolute atomic E-state index is 11.7. The molecule has 10 heteroatoms. The van der Waals surface area contributed by atoms with Gasteiger partial charge in [0.1, 0.15) is 11.1 Å². The third-order valence-electron chi connectivity index (χ3n) is 1.36. The van der Waals surface area contributed by atoms with Crippen LogP contribution < -0.4 is 0 Å². The van der Waals surface area contributed by atoms with Crippen LogP contribution >= 0.6 is 15.9 Å². The Labute approximate surface area is 95.3 Å². The Balaban J connectivity index is 2.56. The molecule has 6 nitrogen and oxygen atoms in total. The monoisotopic (exact) mass is 303 g/mol. The smallest absolute Gasteiger partial charge is 0.358 e. The molecule has 1 heterocycles. The van der Waals surface area contributed by atoms with E-state index >= 15 is 0 Å². The van der Waals surface area contributed by atoms with Gasteiger partial charge in [-0.05, 0) is 20.9 Å². The summed E-state index contributed by atoms with van der Waals surface area (Å²) < 4.78 is 40.3. The minimum atomic E-state index is -4.43. The van der Waals surface area contributed by atoms with Gasteiger partial charge in [0.25, 0.3) is 0 Å². The van der Waals surface area contributed by atoms with Crippen LogP contribution in [0.5, 0.6) is 0 Å². The van der Waals surface area contributed by atoms with Crippen LogP contribution in [0.2, 0.25) is 0 Å². The molecule has 1 aromatic rings. The molecule has 0 aromatic carbocycles. The average molecular weight is 304 g/mol. The predicted octanol–water partition coefficient (Wildman–Crippen LogP) is 2.09. The maximum Gasteiger partial charge on any atom is 0.411 e. The van der Waals surface area contributed by atoms with Crippen molar-refractivity contribution < 1.29 is 22.8 Å². The zero-order valence-corrected chi connectivity index (χ0v) is 9.16. The Bertz CT molecular complexity index is 392. The van der Waals surface area contributed by atoms with E-state index in [1.807, 2.05) is 0 Å². The first-order valence-electron chi connectivity index (χ1n) is 3.81. The Hall–Kier alpha value is -1.16. The number of aromatic nitrogens is 2. The highest BCUT2D eigenvalue weighted by Crippen LogP contribution is 2.22. The molecule has 16 heavy (non-hydrogen) atoms. The standard InChI is InChI=1S/C6H5BrF3N3O3/c7-4-1-12(11-5(4)13(14)15)3-16-2-6(8,9)10/h1H,2-3H2. The van der Waals surface area contributed by atoms with Gasteiger partial charge in [-0.1, -0.05) is 0 Å². The quantitative estimate of drug-likeness (QED) is 0.631. The molecule has 0 saturated carbocycles. The third kappa shape index (κ3) is 3.77. The topological polar surface area (TPSA) is 70.2 Å². The van der Waals surface area contributed by atoms with E-state index in [1.54, 1.807) is 0 Å². The van der Waals surface area contributed by atoms with Crippen molar-refractivity contribution >= 4 is 21.7 Å². The lowest BCUT2D eigenvalue weighted by molar-refractivity contribution is -0.390. The first kappa shape index (κ1) is 12.9. The van der Waals surface area contributed by atoms with Crippen LogP contribution in [0.4, 0.5) is 19.0 Å². The first-order valence-corrected chi connectivity index (χ1v) is 4.61. The van der Waals surface area contributed by atoms with E-state index in [2.05, 4.69) is 25.8 Å². The van der Waals surface area contributed by atoms with Gasteiger partial charge < -0.3 is 14.9 Å². The zero-order chi connectivity index (χ0) is 12.3. The van der Waals surface area contributed by atoms with Gasteiger partial charge in [0, 0.05) is 0 Å². The lowest BCUT2D eigenvalue weighted by Gasteiger charge is -2.05. The molecule has 1 rings (SSSR count). The summed E-state index contributed by atoms with van der Waals surface area (Å²) >= 11 is 2.85. The number of hydrogen-bond acceptors (Lipinski definition) is 4. The summed E-state index contributed by atoms with van der Waals surface area (Å²) in [5.74, 6) is -0.476.